The smallest absolute Gasteiger partial charge is 0.258 e. The highest BCUT2D eigenvalue weighted by Gasteiger charge is 2.34. The largest absolute Gasteiger partial charge is 0.377 e. The summed E-state index contributed by atoms with van der Waals surface area (Å²) in [5.74, 6) is 1.98. The average molecular weight is 487 g/mol. The molecule has 0 radical (unpaired) electrons. The standard InChI is InChI=1S/C24H28F2N6OS/c1-16-6-7-19-18(10-16)22(28-13-24(27)14-33-15-24)31-23(30-19)32-8-9-34(29-11-21(25)26)20-5-3-2-4-17(20)12-32/h2-7,10,21H,8-9,11-15,27H2,1H3,(H,28,30,31). The molecule has 3 heterocycles. The van der Waals surface area contributed by atoms with Gasteiger partial charge in [0.05, 0.1) is 24.3 Å². The van der Waals surface area contributed by atoms with Crippen molar-refractivity contribution in [2.45, 2.75) is 30.3 Å². The van der Waals surface area contributed by atoms with Crippen LogP contribution in [-0.2, 0) is 22.0 Å². The molecule has 1 fully saturated rings. The van der Waals surface area contributed by atoms with Gasteiger partial charge in [0.1, 0.15) is 12.4 Å². The Morgan fingerprint density at radius 1 is 1.24 bits per heavy atom. The van der Waals surface area contributed by atoms with E-state index in [1.165, 1.54) is 0 Å². The summed E-state index contributed by atoms with van der Waals surface area (Å²) in [7, 11) is -0.595. The molecule has 0 amide bonds. The Bertz CT molecular complexity index is 1230. The number of anilines is 2. The first-order valence-electron chi connectivity index (χ1n) is 11.3. The predicted molar refractivity (Wildman–Crippen MR) is 132 cm³/mol. The molecule has 180 valence electrons. The number of benzene rings is 2. The lowest BCUT2D eigenvalue weighted by Crippen LogP contribution is -2.61. The van der Waals surface area contributed by atoms with Gasteiger partial charge in [0.2, 0.25) is 5.95 Å². The predicted octanol–water partition coefficient (Wildman–Crippen LogP) is 3.52. The Labute approximate surface area is 199 Å². The summed E-state index contributed by atoms with van der Waals surface area (Å²) >= 11 is 0. The molecule has 3 N–H and O–H groups in total. The van der Waals surface area contributed by atoms with Crippen molar-refractivity contribution in [3.63, 3.8) is 0 Å². The first-order chi connectivity index (χ1) is 16.4. The fourth-order valence-electron chi connectivity index (χ4n) is 4.14. The van der Waals surface area contributed by atoms with Crippen LogP contribution in [0.15, 0.2) is 51.7 Å². The van der Waals surface area contributed by atoms with Gasteiger partial charge in [-0.2, -0.15) is 4.98 Å². The Kier molecular flexibility index (Phi) is 6.46. The van der Waals surface area contributed by atoms with Gasteiger partial charge in [0.25, 0.3) is 6.43 Å². The van der Waals surface area contributed by atoms with E-state index in [2.05, 4.69) is 20.6 Å². The lowest BCUT2D eigenvalue weighted by atomic mass is 9.99. The van der Waals surface area contributed by atoms with Crippen LogP contribution in [0.4, 0.5) is 20.5 Å². The van der Waals surface area contributed by atoms with Gasteiger partial charge < -0.3 is 20.7 Å². The number of hydrogen-bond donors (Lipinski definition) is 2. The second kappa shape index (κ2) is 9.52. The van der Waals surface area contributed by atoms with Crippen LogP contribution in [-0.4, -0.2) is 60.5 Å². The monoisotopic (exact) mass is 486 g/mol. The SMILES string of the molecule is Cc1ccc2nc(N3CCS(=NCC(F)F)c4ccccc4C3)nc(NCC3(N)COC3)c2c1. The van der Waals surface area contributed by atoms with Crippen LogP contribution >= 0.6 is 0 Å². The molecule has 10 heteroatoms. The molecule has 1 unspecified atom stereocenters. The Hall–Kier alpha value is -2.69. The highest BCUT2D eigenvalue weighted by Crippen LogP contribution is 2.29. The van der Waals surface area contributed by atoms with Gasteiger partial charge in [0, 0.05) is 35.7 Å². The van der Waals surface area contributed by atoms with E-state index >= 15 is 0 Å². The third kappa shape index (κ3) is 4.89. The van der Waals surface area contributed by atoms with E-state index < -0.39 is 29.2 Å². The number of nitrogens with two attached hydrogens (primary N) is 1. The van der Waals surface area contributed by atoms with Crippen LogP contribution < -0.4 is 16.0 Å². The number of fused-ring (bicyclic) bond motifs is 2. The van der Waals surface area contributed by atoms with Crippen LogP contribution in [0.2, 0.25) is 0 Å². The molecule has 0 saturated carbocycles. The number of hydrogen-bond acceptors (Lipinski definition) is 7. The minimum absolute atomic E-state index is 0.399. The summed E-state index contributed by atoms with van der Waals surface area (Å²) in [6.07, 6.45) is -2.44. The van der Waals surface area contributed by atoms with E-state index in [0.29, 0.717) is 44.5 Å². The first kappa shape index (κ1) is 23.1. The second-order valence-electron chi connectivity index (χ2n) is 8.90. The Morgan fingerprint density at radius 3 is 2.82 bits per heavy atom. The van der Waals surface area contributed by atoms with Gasteiger partial charge in [-0.1, -0.05) is 40.5 Å². The fourth-order valence-corrected chi connectivity index (χ4v) is 5.98. The topological polar surface area (TPSA) is 88.7 Å². The van der Waals surface area contributed by atoms with E-state index in [0.717, 1.165) is 32.7 Å². The minimum atomic E-state index is -2.44. The van der Waals surface area contributed by atoms with Crippen LogP contribution in [0.1, 0.15) is 11.1 Å². The van der Waals surface area contributed by atoms with Crippen molar-refractivity contribution >= 4 is 33.4 Å². The number of ether oxygens (including phenoxy) is 1. The summed E-state index contributed by atoms with van der Waals surface area (Å²) in [4.78, 5) is 12.9. The number of rotatable bonds is 6. The summed E-state index contributed by atoms with van der Waals surface area (Å²) in [6, 6.07) is 14.0. The van der Waals surface area contributed by atoms with Crippen LogP contribution in [0.5, 0.6) is 0 Å². The zero-order valence-corrected chi connectivity index (χ0v) is 19.8. The van der Waals surface area contributed by atoms with E-state index in [1.807, 2.05) is 43.3 Å². The van der Waals surface area contributed by atoms with Gasteiger partial charge >= 0.3 is 0 Å². The summed E-state index contributed by atoms with van der Waals surface area (Å²) in [6.45, 7) is 4.39. The van der Waals surface area contributed by atoms with Crippen molar-refractivity contribution in [2.24, 2.45) is 10.1 Å². The van der Waals surface area contributed by atoms with Crippen LogP contribution in [0.25, 0.3) is 10.9 Å². The van der Waals surface area contributed by atoms with Crippen LogP contribution in [0.3, 0.4) is 0 Å². The molecule has 0 bridgehead atoms. The molecule has 2 aromatic carbocycles. The van der Waals surface area contributed by atoms with Gasteiger partial charge in [0.15, 0.2) is 0 Å². The maximum atomic E-state index is 12.9. The number of nitrogens with zero attached hydrogens (tertiary/aromatic N) is 4. The fraction of sp³-hybridized carbons (Fsp3) is 0.417. The van der Waals surface area contributed by atoms with Gasteiger partial charge in [-0.15, -0.1) is 0 Å². The number of nitrogens with one attached hydrogen (secondary N) is 1. The van der Waals surface area contributed by atoms with Crippen molar-refractivity contribution < 1.29 is 13.5 Å². The summed E-state index contributed by atoms with van der Waals surface area (Å²) in [5, 5.41) is 4.37. The molecular formula is C24H28F2N6OS. The lowest BCUT2D eigenvalue weighted by Gasteiger charge is -2.38. The maximum Gasteiger partial charge on any atom is 0.258 e. The van der Waals surface area contributed by atoms with Crippen molar-refractivity contribution in [2.75, 3.05) is 48.8 Å². The molecule has 1 aromatic heterocycles. The maximum absolute atomic E-state index is 12.9. The van der Waals surface area contributed by atoms with Gasteiger partial charge in [-0.3, -0.25) is 4.36 Å². The number of alkyl halides is 2. The van der Waals surface area contributed by atoms with Crippen molar-refractivity contribution in [1.82, 2.24) is 9.97 Å². The molecule has 0 aliphatic carbocycles. The van der Waals surface area contributed by atoms with E-state index in [-0.39, 0.29) is 0 Å². The molecular weight excluding hydrogens is 458 g/mol. The van der Waals surface area contributed by atoms with Gasteiger partial charge in [-0.25, -0.2) is 13.8 Å². The van der Waals surface area contributed by atoms with Crippen LogP contribution in [0, 0.1) is 6.92 Å². The number of halogens is 2. The first-order valence-corrected chi connectivity index (χ1v) is 12.6. The second-order valence-corrected chi connectivity index (χ2v) is 10.7. The number of aryl methyl sites for hydroxylation is 1. The minimum Gasteiger partial charge on any atom is -0.377 e. The van der Waals surface area contributed by atoms with Crippen molar-refractivity contribution in [3.8, 4) is 0 Å². The van der Waals surface area contributed by atoms with Crippen molar-refractivity contribution in [1.29, 1.82) is 0 Å². The zero-order valence-electron chi connectivity index (χ0n) is 19.0. The third-order valence-corrected chi connectivity index (χ3v) is 7.96. The molecule has 2 aliphatic heterocycles. The number of aromatic nitrogens is 2. The lowest BCUT2D eigenvalue weighted by molar-refractivity contribution is -0.0461. The highest BCUT2D eigenvalue weighted by atomic mass is 32.2. The molecule has 0 spiro atoms. The van der Waals surface area contributed by atoms with E-state index in [9.17, 15) is 8.78 Å². The van der Waals surface area contributed by atoms with Crippen molar-refractivity contribution in [3.05, 3.63) is 53.6 Å². The highest BCUT2D eigenvalue weighted by molar-refractivity contribution is 7.87. The Balaban J connectivity index is 1.50. The summed E-state index contributed by atoms with van der Waals surface area (Å²) < 4.78 is 35.4. The average Bonchev–Trinajstić information content (AvgIpc) is 2.99. The van der Waals surface area contributed by atoms with Gasteiger partial charge in [-0.05, 0) is 30.7 Å². The third-order valence-electron chi connectivity index (χ3n) is 6.02. The molecule has 34 heavy (non-hydrogen) atoms. The zero-order chi connectivity index (χ0) is 23.7. The molecule has 5 rings (SSSR count). The summed E-state index contributed by atoms with van der Waals surface area (Å²) in [5.41, 5.74) is 8.97. The van der Waals surface area contributed by atoms with E-state index in [1.54, 1.807) is 0 Å². The molecule has 7 nitrogen and oxygen atoms in total. The van der Waals surface area contributed by atoms with E-state index in [4.69, 9.17) is 20.4 Å². The molecule has 1 atom stereocenters. The molecule has 1 saturated heterocycles. The molecule has 2 aliphatic rings. The molecule has 3 aromatic rings. The Morgan fingerprint density at radius 2 is 2.06 bits per heavy atom. The quantitative estimate of drug-likeness (QED) is 0.554. The normalized spacial score (nSPS) is 19.7.